The fraction of sp³-hybridized carbons (Fsp3) is 0. The zero-order chi connectivity index (χ0) is 17.8. The number of carbonyl (C=O) groups excluding carboxylic acids is 2. The molecule has 3 aromatic rings. The van der Waals surface area contributed by atoms with Crippen molar-refractivity contribution in [3.63, 3.8) is 0 Å². The number of hydrogen-bond acceptors (Lipinski definition) is 3. The number of nitrogens with one attached hydrogen (secondary N) is 2. The molecule has 0 fully saturated rings. The summed E-state index contributed by atoms with van der Waals surface area (Å²) in [6.07, 6.45) is 1.33. The van der Waals surface area contributed by atoms with Crippen LogP contribution in [0.15, 0.2) is 71.7 Å². The van der Waals surface area contributed by atoms with E-state index in [0.29, 0.717) is 16.8 Å². The number of carbonyl (C=O) groups is 2. The van der Waals surface area contributed by atoms with Crippen LogP contribution in [0.4, 0.5) is 5.69 Å². The minimum atomic E-state index is -0.637. The average molecular weight is 333 g/mol. The summed E-state index contributed by atoms with van der Waals surface area (Å²) < 4.78 is 0. The first kappa shape index (κ1) is 16.2. The normalized spacial score (nSPS) is 10.2. The molecule has 124 valence electrons. The second-order valence-electron chi connectivity index (χ2n) is 5.36. The van der Waals surface area contributed by atoms with Crippen molar-refractivity contribution in [2.75, 3.05) is 5.32 Å². The smallest absolute Gasteiger partial charge is 0.257 e. The van der Waals surface area contributed by atoms with Crippen LogP contribution in [0, 0.1) is 0 Å². The molecule has 0 aliphatic carbocycles. The topological polar surface area (TPSA) is 105 Å². The number of anilines is 1. The van der Waals surface area contributed by atoms with Crippen LogP contribution in [-0.2, 0) is 0 Å². The van der Waals surface area contributed by atoms with E-state index in [1.165, 1.54) is 18.3 Å². The van der Waals surface area contributed by atoms with Gasteiger partial charge in [0, 0.05) is 11.8 Å². The Morgan fingerprint density at radius 3 is 2.36 bits per heavy atom. The molecule has 0 radical (unpaired) electrons. The van der Waals surface area contributed by atoms with Gasteiger partial charge in [-0.3, -0.25) is 14.4 Å². The third-order valence-corrected chi connectivity index (χ3v) is 3.69. The number of para-hydroxylation sites is 1. The van der Waals surface area contributed by atoms with Crippen LogP contribution in [-0.4, -0.2) is 16.8 Å². The number of rotatable bonds is 4. The number of primary amides is 1. The van der Waals surface area contributed by atoms with Crippen LogP contribution < -0.4 is 16.6 Å². The Morgan fingerprint density at radius 2 is 1.64 bits per heavy atom. The number of nitrogens with two attached hydrogens (primary N) is 1. The molecule has 0 aliphatic heterocycles. The van der Waals surface area contributed by atoms with Crippen LogP contribution in [0.1, 0.15) is 20.7 Å². The van der Waals surface area contributed by atoms with E-state index in [0.717, 1.165) is 0 Å². The second-order valence-corrected chi connectivity index (χ2v) is 5.36. The summed E-state index contributed by atoms with van der Waals surface area (Å²) in [5, 5.41) is 2.64. The molecule has 6 nitrogen and oxygen atoms in total. The number of hydrogen-bond donors (Lipinski definition) is 3. The van der Waals surface area contributed by atoms with Gasteiger partial charge in [-0.1, -0.05) is 42.5 Å². The van der Waals surface area contributed by atoms with Crippen molar-refractivity contribution in [3.05, 3.63) is 88.3 Å². The van der Waals surface area contributed by atoms with Gasteiger partial charge in [0.05, 0.1) is 16.8 Å². The Kier molecular flexibility index (Phi) is 4.43. The van der Waals surface area contributed by atoms with Gasteiger partial charge in [-0.2, -0.15) is 0 Å². The molecule has 4 N–H and O–H groups in total. The highest BCUT2D eigenvalue weighted by atomic mass is 16.2. The number of aromatic nitrogens is 1. The van der Waals surface area contributed by atoms with Crippen molar-refractivity contribution in [2.24, 2.45) is 5.73 Å². The Hall–Kier alpha value is -3.67. The molecule has 1 heterocycles. The molecule has 0 bridgehead atoms. The van der Waals surface area contributed by atoms with E-state index in [-0.39, 0.29) is 16.7 Å². The SMILES string of the molecule is NC(=O)c1ccccc1NC(=O)c1c[nH]c(=O)c(-c2ccccc2)c1. The number of aromatic amines is 1. The maximum absolute atomic E-state index is 12.5. The maximum atomic E-state index is 12.5. The van der Waals surface area contributed by atoms with Crippen molar-refractivity contribution < 1.29 is 9.59 Å². The second kappa shape index (κ2) is 6.84. The van der Waals surface area contributed by atoms with Gasteiger partial charge >= 0.3 is 0 Å². The first-order valence-electron chi connectivity index (χ1n) is 7.54. The molecule has 25 heavy (non-hydrogen) atoms. The summed E-state index contributed by atoms with van der Waals surface area (Å²) in [4.78, 5) is 38.6. The summed E-state index contributed by atoms with van der Waals surface area (Å²) >= 11 is 0. The Labute approximate surface area is 143 Å². The predicted octanol–water partition coefficient (Wildman–Crippen LogP) is 2.39. The maximum Gasteiger partial charge on any atom is 0.257 e. The largest absolute Gasteiger partial charge is 0.366 e. The molecule has 2 aromatic carbocycles. The van der Waals surface area contributed by atoms with E-state index in [9.17, 15) is 14.4 Å². The fourth-order valence-electron chi connectivity index (χ4n) is 2.45. The minimum Gasteiger partial charge on any atom is -0.366 e. The van der Waals surface area contributed by atoms with Crippen molar-refractivity contribution in [3.8, 4) is 11.1 Å². The van der Waals surface area contributed by atoms with Gasteiger partial charge < -0.3 is 16.0 Å². The highest BCUT2D eigenvalue weighted by Crippen LogP contribution is 2.18. The van der Waals surface area contributed by atoms with Crippen molar-refractivity contribution in [2.45, 2.75) is 0 Å². The predicted molar refractivity (Wildman–Crippen MR) is 95.4 cm³/mol. The number of pyridine rings is 1. The minimum absolute atomic E-state index is 0.212. The molecule has 3 rings (SSSR count). The fourth-order valence-corrected chi connectivity index (χ4v) is 2.45. The molecule has 0 saturated heterocycles. The highest BCUT2D eigenvalue weighted by Gasteiger charge is 2.14. The molecular formula is C19H15N3O3. The van der Waals surface area contributed by atoms with Crippen molar-refractivity contribution in [1.29, 1.82) is 0 Å². The third kappa shape index (κ3) is 3.48. The summed E-state index contributed by atoms with van der Waals surface area (Å²) in [6.45, 7) is 0. The van der Waals surface area contributed by atoms with Gasteiger partial charge in [-0.15, -0.1) is 0 Å². The lowest BCUT2D eigenvalue weighted by Gasteiger charge is -2.09. The van der Waals surface area contributed by atoms with Gasteiger partial charge in [-0.05, 0) is 23.8 Å². The number of H-pyrrole nitrogens is 1. The first-order valence-corrected chi connectivity index (χ1v) is 7.54. The van der Waals surface area contributed by atoms with Crippen LogP contribution in [0.25, 0.3) is 11.1 Å². The molecule has 0 saturated carbocycles. The Balaban J connectivity index is 1.94. The van der Waals surface area contributed by atoms with E-state index in [4.69, 9.17) is 5.73 Å². The number of benzene rings is 2. The zero-order valence-electron chi connectivity index (χ0n) is 13.2. The van der Waals surface area contributed by atoms with E-state index >= 15 is 0 Å². The zero-order valence-corrected chi connectivity index (χ0v) is 13.2. The molecule has 0 unspecified atom stereocenters. The monoisotopic (exact) mass is 333 g/mol. The van der Waals surface area contributed by atoms with Crippen LogP contribution in [0.5, 0.6) is 0 Å². The summed E-state index contributed by atoms with van der Waals surface area (Å²) in [5.41, 5.74) is 6.90. The van der Waals surface area contributed by atoms with E-state index in [2.05, 4.69) is 10.3 Å². The lowest BCUT2D eigenvalue weighted by Crippen LogP contribution is -2.19. The molecule has 0 aliphatic rings. The third-order valence-electron chi connectivity index (χ3n) is 3.69. The summed E-state index contributed by atoms with van der Waals surface area (Å²) in [6, 6.07) is 17.0. The van der Waals surface area contributed by atoms with Crippen molar-refractivity contribution >= 4 is 17.5 Å². The van der Waals surface area contributed by atoms with E-state index in [1.54, 1.807) is 30.3 Å². The Morgan fingerprint density at radius 1 is 0.960 bits per heavy atom. The molecular weight excluding hydrogens is 318 g/mol. The average Bonchev–Trinajstić information content (AvgIpc) is 2.63. The van der Waals surface area contributed by atoms with Gasteiger partial charge in [0.15, 0.2) is 0 Å². The lowest BCUT2D eigenvalue weighted by atomic mass is 10.1. The molecule has 2 amide bonds. The van der Waals surface area contributed by atoms with Gasteiger partial charge in [0.1, 0.15) is 0 Å². The van der Waals surface area contributed by atoms with Gasteiger partial charge in [0.25, 0.3) is 17.4 Å². The molecule has 0 atom stereocenters. The van der Waals surface area contributed by atoms with Crippen LogP contribution in [0.2, 0.25) is 0 Å². The van der Waals surface area contributed by atoms with E-state index in [1.807, 2.05) is 18.2 Å². The van der Waals surface area contributed by atoms with Crippen LogP contribution >= 0.6 is 0 Å². The van der Waals surface area contributed by atoms with Gasteiger partial charge in [-0.25, -0.2) is 0 Å². The lowest BCUT2D eigenvalue weighted by molar-refractivity contribution is 0.100. The summed E-state index contributed by atoms with van der Waals surface area (Å²) in [7, 11) is 0. The number of amides is 2. The van der Waals surface area contributed by atoms with E-state index < -0.39 is 11.8 Å². The quantitative estimate of drug-likeness (QED) is 0.682. The van der Waals surface area contributed by atoms with Crippen LogP contribution in [0.3, 0.4) is 0 Å². The molecule has 6 heteroatoms. The Bertz CT molecular complexity index is 994. The standard InChI is InChI=1S/C19H15N3O3/c20-17(23)14-8-4-5-9-16(14)22-18(24)13-10-15(19(25)21-11-13)12-6-2-1-3-7-12/h1-11H,(H2,20,23)(H,21,25)(H,22,24). The first-order chi connectivity index (χ1) is 12.1. The molecule has 1 aromatic heterocycles. The molecule has 0 spiro atoms. The highest BCUT2D eigenvalue weighted by molar-refractivity contribution is 6.08. The van der Waals surface area contributed by atoms with Crippen molar-refractivity contribution in [1.82, 2.24) is 4.98 Å². The summed E-state index contributed by atoms with van der Waals surface area (Å²) in [5.74, 6) is -1.09. The van der Waals surface area contributed by atoms with Gasteiger partial charge in [0.2, 0.25) is 0 Å².